The van der Waals surface area contributed by atoms with Gasteiger partial charge in [0.25, 0.3) is 0 Å². The van der Waals surface area contributed by atoms with Crippen molar-refractivity contribution in [2.24, 2.45) is 5.92 Å². The summed E-state index contributed by atoms with van der Waals surface area (Å²) in [4.78, 5) is 21.6. The summed E-state index contributed by atoms with van der Waals surface area (Å²) in [5.74, 6) is -2.63. The summed E-state index contributed by atoms with van der Waals surface area (Å²) in [6.07, 6.45) is 1.25. The van der Waals surface area contributed by atoms with Gasteiger partial charge >= 0.3 is 11.9 Å². The van der Waals surface area contributed by atoms with Crippen LogP contribution in [0.4, 0.5) is 0 Å². The molecular weight excluding hydrogens is 262 g/mol. The van der Waals surface area contributed by atoms with E-state index in [1.165, 1.54) is 4.31 Å². The minimum Gasteiger partial charge on any atom is -0.481 e. The van der Waals surface area contributed by atoms with Crippen LogP contribution in [-0.2, 0) is 24.3 Å². The van der Waals surface area contributed by atoms with Crippen molar-refractivity contribution in [1.29, 1.82) is 0 Å². The van der Waals surface area contributed by atoms with Gasteiger partial charge in [0.1, 0.15) is 0 Å². The van der Waals surface area contributed by atoms with E-state index >= 15 is 0 Å². The van der Waals surface area contributed by atoms with Crippen molar-refractivity contribution in [2.75, 3.05) is 26.0 Å². The maximum Gasteiger partial charge on any atom is 0.322 e. The quantitative estimate of drug-likeness (QED) is 0.692. The van der Waals surface area contributed by atoms with Crippen LogP contribution in [0.15, 0.2) is 0 Å². The SMILES string of the molecule is COC(=O)CS(=O)(=O)N1CCCC(CC(=O)O)C1. The van der Waals surface area contributed by atoms with Gasteiger partial charge in [-0.3, -0.25) is 9.59 Å². The second kappa shape index (κ2) is 6.14. The molecule has 1 aliphatic rings. The molecule has 8 heteroatoms. The molecule has 0 aromatic heterocycles. The lowest BCUT2D eigenvalue weighted by atomic mass is 9.96. The molecule has 0 amide bonds. The Bertz CT molecular complexity index is 418. The molecule has 1 heterocycles. The first-order valence-corrected chi connectivity index (χ1v) is 7.22. The van der Waals surface area contributed by atoms with E-state index in [0.29, 0.717) is 19.4 Å². The number of carboxylic acid groups (broad SMARTS) is 1. The molecule has 0 radical (unpaired) electrons. The maximum absolute atomic E-state index is 11.9. The van der Waals surface area contributed by atoms with E-state index in [-0.39, 0.29) is 18.9 Å². The number of aliphatic carboxylic acids is 1. The lowest BCUT2D eigenvalue weighted by Crippen LogP contribution is -2.43. The third-order valence-corrected chi connectivity index (χ3v) is 4.59. The van der Waals surface area contributed by atoms with E-state index in [0.717, 1.165) is 7.11 Å². The van der Waals surface area contributed by atoms with Crippen LogP contribution in [0.1, 0.15) is 19.3 Å². The van der Waals surface area contributed by atoms with Crippen LogP contribution in [0, 0.1) is 5.92 Å². The highest BCUT2D eigenvalue weighted by molar-refractivity contribution is 7.89. The predicted molar refractivity (Wildman–Crippen MR) is 62.4 cm³/mol. The number of hydrogen-bond donors (Lipinski definition) is 1. The molecule has 7 nitrogen and oxygen atoms in total. The first-order chi connectivity index (χ1) is 8.35. The summed E-state index contributed by atoms with van der Waals surface area (Å²) in [5, 5.41) is 8.70. The number of hydrogen-bond acceptors (Lipinski definition) is 5. The third-order valence-electron chi connectivity index (χ3n) is 2.87. The average molecular weight is 279 g/mol. The highest BCUT2D eigenvalue weighted by atomic mass is 32.2. The summed E-state index contributed by atoms with van der Waals surface area (Å²) in [6.45, 7) is 0.487. The number of sulfonamides is 1. The van der Waals surface area contributed by atoms with Gasteiger partial charge in [0.15, 0.2) is 5.75 Å². The lowest BCUT2D eigenvalue weighted by molar-refractivity contribution is -0.139. The number of carboxylic acids is 1. The van der Waals surface area contributed by atoms with Crippen molar-refractivity contribution in [2.45, 2.75) is 19.3 Å². The van der Waals surface area contributed by atoms with E-state index in [2.05, 4.69) is 4.74 Å². The Labute approximate surface area is 106 Å². The smallest absolute Gasteiger partial charge is 0.322 e. The van der Waals surface area contributed by atoms with E-state index < -0.39 is 27.7 Å². The van der Waals surface area contributed by atoms with Crippen LogP contribution in [0.3, 0.4) is 0 Å². The summed E-state index contributed by atoms with van der Waals surface area (Å²) in [5.41, 5.74) is 0. The molecule has 0 aromatic carbocycles. The molecule has 18 heavy (non-hydrogen) atoms. The van der Waals surface area contributed by atoms with Gasteiger partial charge in [0.05, 0.1) is 7.11 Å². The Morgan fingerprint density at radius 2 is 2.11 bits per heavy atom. The van der Waals surface area contributed by atoms with Crippen LogP contribution in [0.5, 0.6) is 0 Å². The molecular formula is C10H17NO6S. The number of nitrogens with zero attached hydrogens (tertiary/aromatic N) is 1. The first-order valence-electron chi connectivity index (χ1n) is 5.61. The van der Waals surface area contributed by atoms with Gasteiger partial charge in [-0.1, -0.05) is 0 Å². The minimum absolute atomic E-state index is 0.0513. The number of esters is 1. The maximum atomic E-state index is 11.9. The fraction of sp³-hybridized carbons (Fsp3) is 0.800. The van der Waals surface area contributed by atoms with E-state index in [9.17, 15) is 18.0 Å². The number of piperidine rings is 1. The highest BCUT2D eigenvalue weighted by Crippen LogP contribution is 2.22. The zero-order valence-corrected chi connectivity index (χ0v) is 11.0. The van der Waals surface area contributed by atoms with E-state index in [4.69, 9.17) is 5.11 Å². The summed E-state index contributed by atoms with van der Waals surface area (Å²) in [7, 11) is -2.57. The van der Waals surface area contributed by atoms with E-state index in [1.54, 1.807) is 0 Å². The van der Waals surface area contributed by atoms with Crippen molar-refractivity contribution in [3.8, 4) is 0 Å². The third kappa shape index (κ3) is 4.26. The molecule has 1 rings (SSSR count). The van der Waals surface area contributed by atoms with Crippen molar-refractivity contribution in [3.63, 3.8) is 0 Å². The standard InChI is InChI=1S/C10H17NO6S/c1-17-10(14)7-18(15,16)11-4-2-3-8(6-11)5-9(12)13/h8H,2-7H2,1H3,(H,12,13). The molecule has 104 valence electrons. The van der Waals surface area contributed by atoms with Gasteiger partial charge in [0, 0.05) is 19.5 Å². The van der Waals surface area contributed by atoms with Crippen LogP contribution in [0.25, 0.3) is 0 Å². The van der Waals surface area contributed by atoms with Gasteiger partial charge in [-0.25, -0.2) is 12.7 Å². The molecule has 0 aromatic rings. The van der Waals surface area contributed by atoms with Crippen LogP contribution >= 0.6 is 0 Å². The predicted octanol–water partition coefficient (Wildman–Crippen LogP) is -0.324. The van der Waals surface area contributed by atoms with Crippen molar-refractivity contribution in [1.82, 2.24) is 4.31 Å². The molecule has 1 aliphatic heterocycles. The van der Waals surface area contributed by atoms with Gasteiger partial charge in [-0.2, -0.15) is 0 Å². The Balaban J connectivity index is 2.65. The number of methoxy groups -OCH3 is 1. The number of ether oxygens (including phenoxy) is 1. The largest absolute Gasteiger partial charge is 0.481 e. The zero-order valence-electron chi connectivity index (χ0n) is 10.2. The van der Waals surface area contributed by atoms with Crippen LogP contribution in [0.2, 0.25) is 0 Å². The summed E-state index contributed by atoms with van der Waals surface area (Å²) < 4.78 is 29.2. The second-order valence-corrected chi connectivity index (χ2v) is 6.27. The van der Waals surface area contributed by atoms with Gasteiger partial charge in [-0.15, -0.1) is 0 Å². The molecule has 1 unspecified atom stereocenters. The Morgan fingerprint density at radius 3 is 2.67 bits per heavy atom. The van der Waals surface area contributed by atoms with Crippen LogP contribution < -0.4 is 0 Å². The normalized spacial score (nSPS) is 21.5. The molecule has 1 N–H and O–H groups in total. The lowest BCUT2D eigenvalue weighted by Gasteiger charge is -2.30. The Morgan fingerprint density at radius 1 is 1.44 bits per heavy atom. The molecule has 0 spiro atoms. The molecule has 1 atom stereocenters. The first kappa shape index (κ1) is 14.9. The number of rotatable bonds is 5. The number of carbonyl (C=O) groups excluding carboxylic acids is 1. The van der Waals surface area contributed by atoms with Gasteiger partial charge in [-0.05, 0) is 18.8 Å². The molecule has 0 aliphatic carbocycles. The summed E-state index contributed by atoms with van der Waals surface area (Å²) in [6, 6.07) is 0. The van der Waals surface area contributed by atoms with Gasteiger partial charge in [0.2, 0.25) is 10.0 Å². The number of carbonyl (C=O) groups is 2. The van der Waals surface area contributed by atoms with Crippen LogP contribution in [-0.4, -0.2) is 55.7 Å². The van der Waals surface area contributed by atoms with Crippen molar-refractivity contribution in [3.05, 3.63) is 0 Å². The molecule has 0 bridgehead atoms. The highest BCUT2D eigenvalue weighted by Gasteiger charge is 2.31. The monoisotopic (exact) mass is 279 g/mol. The molecule has 1 saturated heterocycles. The average Bonchev–Trinajstić information content (AvgIpc) is 2.27. The fourth-order valence-corrected chi connectivity index (χ4v) is 3.44. The zero-order chi connectivity index (χ0) is 13.8. The van der Waals surface area contributed by atoms with E-state index in [1.807, 2.05) is 0 Å². The Kier molecular flexibility index (Phi) is 5.09. The van der Waals surface area contributed by atoms with Crippen molar-refractivity contribution < 1.29 is 27.9 Å². The van der Waals surface area contributed by atoms with Gasteiger partial charge < -0.3 is 9.84 Å². The minimum atomic E-state index is -3.70. The summed E-state index contributed by atoms with van der Waals surface area (Å²) >= 11 is 0. The Hall–Kier alpha value is -1.15. The fourth-order valence-electron chi connectivity index (χ4n) is 1.99. The molecule has 0 saturated carbocycles. The second-order valence-electron chi connectivity index (χ2n) is 4.30. The molecule has 1 fully saturated rings. The van der Waals surface area contributed by atoms with Crippen molar-refractivity contribution >= 4 is 22.0 Å². The topological polar surface area (TPSA) is 101 Å².